The number of aliphatic hydroxyl groups is 1. The molecule has 0 aliphatic rings. The topological polar surface area (TPSA) is 84.9 Å². The van der Waals surface area contributed by atoms with Crippen molar-refractivity contribution < 1.29 is 19.7 Å². The SMILES string of the molecule is COc1cc(O)cc(OC)c1[C@@H](N)[C@@H](O)C(C)(C)C. The highest BCUT2D eigenvalue weighted by Gasteiger charge is 2.32. The molecule has 0 saturated carbocycles. The molecule has 2 atom stereocenters. The fourth-order valence-electron chi connectivity index (χ4n) is 1.95. The summed E-state index contributed by atoms with van der Waals surface area (Å²) in [6.07, 6.45) is -0.778. The molecule has 0 aliphatic carbocycles. The predicted molar refractivity (Wildman–Crippen MR) is 73.6 cm³/mol. The molecule has 0 bridgehead atoms. The molecule has 1 aromatic carbocycles. The summed E-state index contributed by atoms with van der Waals surface area (Å²) in [4.78, 5) is 0. The number of aromatic hydroxyl groups is 1. The second-order valence-electron chi connectivity index (χ2n) is 5.60. The molecule has 108 valence electrons. The van der Waals surface area contributed by atoms with Crippen LogP contribution in [0.25, 0.3) is 0 Å². The number of phenolic OH excluding ortho intramolecular Hbond substituents is 1. The van der Waals surface area contributed by atoms with Gasteiger partial charge in [0.15, 0.2) is 0 Å². The van der Waals surface area contributed by atoms with Gasteiger partial charge in [-0.15, -0.1) is 0 Å². The lowest BCUT2D eigenvalue weighted by atomic mass is 9.82. The summed E-state index contributed by atoms with van der Waals surface area (Å²) >= 11 is 0. The Bertz CT molecular complexity index is 415. The van der Waals surface area contributed by atoms with Gasteiger partial charge in [0.25, 0.3) is 0 Å². The van der Waals surface area contributed by atoms with Crippen molar-refractivity contribution in [3.8, 4) is 17.2 Å². The summed E-state index contributed by atoms with van der Waals surface area (Å²) in [7, 11) is 2.96. The normalized spacial score (nSPS) is 14.9. The lowest BCUT2D eigenvalue weighted by Gasteiger charge is -2.32. The molecule has 0 aromatic heterocycles. The first-order valence-corrected chi connectivity index (χ1v) is 6.11. The van der Waals surface area contributed by atoms with Crippen LogP contribution in [0.5, 0.6) is 17.2 Å². The van der Waals surface area contributed by atoms with E-state index >= 15 is 0 Å². The molecule has 1 rings (SSSR count). The molecule has 0 amide bonds. The number of aliphatic hydroxyl groups excluding tert-OH is 1. The quantitative estimate of drug-likeness (QED) is 0.776. The van der Waals surface area contributed by atoms with Crippen LogP contribution in [0.2, 0.25) is 0 Å². The van der Waals surface area contributed by atoms with Crippen LogP contribution in [0.1, 0.15) is 32.4 Å². The highest BCUT2D eigenvalue weighted by Crippen LogP contribution is 2.40. The summed E-state index contributed by atoms with van der Waals surface area (Å²) in [5, 5.41) is 19.9. The van der Waals surface area contributed by atoms with E-state index in [9.17, 15) is 10.2 Å². The lowest BCUT2D eigenvalue weighted by Crippen LogP contribution is -2.37. The van der Waals surface area contributed by atoms with Gasteiger partial charge >= 0.3 is 0 Å². The first-order valence-electron chi connectivity index (χ1n) is 6.11. The Morgan fingerprint density at radius 1 is 1.11 bits per heavy atom. The van der Waals surface area contributed by atoms with E-state index in [4.69, 9.17) is 15.2 Å². The van der Waals surface area contributed by atoms with E-state index in [1.165, 1.54) is 26.4 Å². The van der Waals surface area contributed by atoms with Crippen LogP contribution in [0.4, 0.5) is 0 Å². The minimum absolute atomic E-state index is 0.0231. The van der Waals surface area contributed by atoms with E-state index in [0.717, 1.165) is 0 Å². The number of nitrogens with two attached hydrogens (primary N) is 1. The molecule has 19 heavy (non-hydrogen) atoms. The third-order valence-electron chi connectivity index (χ3n) is 3.09. The van der Waals surface area contributed by atoms with Crippen molar-refractivity contribution in [2.45, 2.75) is 32.9 Å². The van der Waals surface area contributed by atoms with Gasteiger partial charge in [0.1, 0.15) is 17.2 Å². The van der Waals surface area contributed by atoms with Crippen LogP contribution in [-0.2, 0) is 0 Å². The van der Waals surface area contributed by atoms with Gasteiger partial charge in [-0.1, -0.05) is 20.8 Å². The minimum Gasteiger partial charge on any atom is -0.508 e. The van der Waals surface area contributed by atoms with Crippen molar-refractivity contribution in [3.05, 3.63) is 17.7 Å². The average Bonchev–Trinajstić information content (AvgIpc) is 2.34. The highest BCUT2D eigenvalue weighted by molar-refractivity contribution is 5.52. The zero-order chi connectivity index (χ0) is 14.8. The first-order chi connectivity index (χ1) is 8.72. The van der Waals surface area contributed by atoms with E-state index in [1.807, 2.05) is 20.8 Å². The third kappa shape index (κ3) is 3.30. The monoisotopic (exact) mass is 269 g/mol. The molecule has 5 heteroatoms. The summed E-state index contributed by atoms with van der Waals surface area (Å²) in [5.74, 6) is 0.815. The first kappa shape index (κ1) is 15.6. The Morgan fingerprint density at radius 2 is 1.53 bits per heavy atom. The van der Waals surface area contributed by atoms with Gasteiger partial charge < -0.3 is 25.4 Å². The van der Waals surface area contributed by atoms with Crippen molar-refractivity contribution >= 4 is 0 Å². The molecule has 0 aliphatic heterocycles. The molecule has 4 N–H and O–H groups in total. The smallest absolute Gasteiger partial charge is 0.131 e. The number of phenols is 1. The van der Waals surface area contributed by atoms with Crippen LogP contribution in [-0.4, -0.2) is 30.5 Å². The molecule has 1 aromatic rings. The van der Waals surface area contributed by atoms with E-state index in [1.54, 1.807) is 0 Å². The van der Waals surface area contributed by atoms with Gasteiger partial charge in [-0.3, -0.25) is 0 Å². The number of hydrogen-bond donors (Lipinski definition) is 3. The van der Waals surface area contributed by atoms with E-state index in [0.29, 0.717) is 17.1 Å². The Hall–Kier alpha value is -1.46. The number of ether oxygens (including phenoxy) is 2. The van der Waals surface area contributed by atoms with E-state index in [2.05, 4.69) is 0 Å². The standard InChI is InChI=1S/C14H23NO4/c1-14(2,3)13(17)12(15)11-9(18-4)6-8(16)7-10(11)19-5/h6-7,12-13,16-17H,15H2,1-5H3/t12-,13-/m1/s1. The number of hydrogen-bond acceptors (Lipinski definition) is 5. The molecule has 0 fully saturated rings. The van der Waals surface area contributed by atoms with Crippen molar-refractivity contribution in [1.82, 2.24) is 0 Å². The van der Waals surface area contributed by atoms with Gasteiger partial charge in [0, 0.05) is 12.1 Å². The number of methoxy groups -OCH3 is 2. The van der Waals surface area contributed by atoms with Gasteiger partial charge in [-0.05, 0) is 5.41 Å². The van der Waals surface area contributed by atoms with Gasteiger partial charge in [0.2, 0.25) is 0 Å². The Kier molecular flexibility index (Phi) is 4.66. The average molecular weight is 269 g/mol. The summed E-state index contributed by atoms with van der Waals surface area (Å²) in [6, 6.07) is 2.23. The zero-order valence-corrected chi connectivity index (χ0v) is 12.1. The van der Waals surface area contributed by atoms with Crippen molar-refractivity contribution in [2.24, 2.45) is 11.1 Å². The van der Waals surface area contributed by atoms with Gasteiger partial charge in [-0.25, -0.2) is 0 Å². The molecule has 0 heterocycles. The Labute approximate surface area is 114 Å². The van der Waals surface area contributed by atoms with Crippen LogP contribution in [0, 0.1) is 5.41 Å². The van der Waals surface area contributed by atoms with Crippen molar-refractivity contribution in [1.29, 1.82) is 0 Å². The maximum Gasteiger partial charge on any atom is 0.131 e. The van der Waals surface area contributed by atoms with E-state index < -0.39 is 12.1 Å². The van der Waals surface area contributed by atoms with Crippen LogP contribution >= 0.6 is 0 Å². The second kappa shape index (κ2) is 5.67. The molecule has 5 nitrogen and oxygen atoms in total. The maximum atomic E-state index is 10.3. The maximum absolute atomic E-state index is 10.3. The molecular weight excluding hydrogens is 246 g/mol. The Morgan fingerprint density at radius 3 is 1.84 bits per heavy atom. The van der Waals surface area contributed by atoms with Crippen LogP contribution in [0.3, 0.4) is 0 Å². The molecule has 0 saturated heterocycles. The minimum atomic E-state index is -0.778. The summed E-state index contributed by atoms with van der Waals surface area (Å²) in [5.41, 5.74) is 6.30. The van der Waals surface area contributed by atoms with Gasteiger partial charge in [0.05, 0.1) is 31.9 Å². The van der Waals surface area contributed by atoms with Crippen molar-refractivity contribution in [2.75, 3.05) is 14.2 Å². The van der Waals surface area contributed by atoms with Gasteiger partial charge in [-0.2, -0.15) is 0 Å². The number of rotatable bonds is 4. The fourth-order valence-corrected chi connectivity index (χ4v) is 1.95. The van der Waals surface area contributed by atoms with Crippen LogP contribution in [0.15, 0.2) is 12.1 Å². The lowest BCUT2D eigenvalue weighted by molar-refractivity contribution is 0.0387. The summed E-state index contributed by atoms with van der Waals surface area (Å²) < 4.78 is 10.4. The fraction of sp³-hybridized carbons (Fsp3) is 0.571. The largest absolute Gasteiger partial charge is 0.508 e. The van der Waals surface area contributed by atoms with E-state index in [-0.39, 0.29) is 11.2 Å². The van der Waals surface area contributed by atoms with Crippen molar-refractivity contribution in [3.63, 3.8) is 0 Å². The molecular formula is C14H23NO4. The third-order valence-corrected chi connectivity index (χ3v) is 3.09. The van der Waals surface area contributed by atoms with Crippen LogP contribution < -0.4 is 15.2 Å². The molecule has 0 unspecified atom stereocenters. The Balaban J connectivity index is 3.32. The molecule has 0 spiro atoms. The molecule has 0 radical (unpaired) electrons. The number of benzene rings is 1. The second-order valence-corrected chi connectivity index (χ2v) is 5.60. The zero-order valence-electron chi connectivity index (χ0n) is 12.1. The highest BCUT2D eigenvalue weighted by atomic mass is 16.5. The predicted octanol–water partition coefficient (Wildman–Crippen LogP) is 1.82. The summed E-state index contributed by atoms with van der Waals surface area (Å²) in [6.45, 7) is 5.70.